The van der Waals surface area contributed by atoms with Gasteiger partial charge < -0.3 is 0 Å². The van der Waals surface area contributed by atoms with Gasteiger partial charge in [-0.3, -0.25) is 0 Å². The Kier molecular flexibility index (Phi) is 3.31. The van der Waals surface area contributed by atoms with Crippen LogP contribution in [0.5, 0.6) is 0 Å². The lowest BCUT2D eigenvalue weighted by Gasteiger charge is -2.01. The van der Waals surface area contributed by atoms with E-state index in [1.54, 1.807) is 6.08 Å². The molecule has 0 atom stereocenters. The Hall–Kier alpha value is -2.85. The van der Waals surface area contributed by atoms with Crippen LogP contribution in [0.25, 0.3) is 22.4 Å². The Morgan fingerprint density at radius 2 is 1.60 bits per heavy atom. The van der Waals surface area contributed by atoms with E-state index >= 15 is 0 Å². The number of hydrogen-bond donors (Lipinski definition) is 0. The van der Waals surface area contributed by atoms with Gasteiger partial charge in [-0.05, 0) is 21.6 Å². The van der Waals surface area contributed by atoms with E-state index in [1.807, 2.05) is 36.4 Å². The summed E-state index contributed by atoms with van der Waals surface area (Å²) in [5, 5.41) is 13.4. The molecular weight excluding hydrogens is 242 g/mol. The topological polar surface area (TPSA) is 23.8 Å². The zero-order chi connectivity index (χ0) is 13.8. The fraction of sp³-hybridized carbons (Fsp3) is 0. The predicted octanol–water partition coefficient (Wildman–Crippen LogP) is 2.98. The Morgan fingerprint density at radius 3 is 2.35 bits per heavy atom. The lowest BCUT2D eigenvalue weighted by Crippen LogP contribution is -2.26. The molecule has 2 aromatic rings. The van der Waals surface area contributed by atoms with Gasteiger partial charge in [-0.2, -0.15) is 5.26 Å². The van der Waals surface area contributed by atoms with E-state index in [-0.39, 0.29) is 0 Å². The van der Waals surface area contributed by atoms with Gasteiger partial charge in [-0.1, -0.05) is 72.9 Å². The second-order valence-electron chi connectivity index (χ2n) is 4.58. The molecule has 1 aliphatic rings. The van der Waals surface area contributed by atoms with Crippen molar-refractivity contribution >= 4 is 22.4 Å². The zero-order valence-corrected chi connectivity index (χ0v) is 11.0. The third-order valence-corrected chi connectivity index (χ3v) is 3.38. The minimum absolute atomic E-state index is 0.983. The largest absolute Gasteiger partial charge is 0.193 e. The van der Waals surface area contributed by atoms with Crippen molar-refractivity contribution in [2.24, 2.45) is 0 Å². The molecule has 3 rings (SSSR count). The van der Waals surface area contributed by atoms with E-state index < -0.39 is 0 Å². The second-order valence-corrected chi connectivity index (χ2v) is 4.58. The highest BCUT2D eigenvalue weighted by Crippen LogP contribution is 2.08. The van der Waals surface area contributed by atoms with Crippen LogP contribution in [-0.2, 0) is 0 Å². The van der Waals surface area contributed by atoms with E-state index in [0.29, 0.717) is 0 Å². The molecule has 20 heavy (non-hydrogen) atoms. The lowest BCUT2D eigenvalue weighted by molar-refractivity contribution is 1.52. The molecule has 0 aromatic heterocycles. The molecule has 0 unspecified atom stereocenters. The molecule has 1 heteroatoms. The summed E-state index contributed by atoms with van der Waals surface area (Å²) in [4.78, 5) is 0. The van der Waals surface area contributed by atoms with Crippen molar-refractivity contribution in [3.63, 3.8) is 0 Å². The van der Waals surface area contributed by atoms with E-state index in [2.05, 4.69) is 42.5 Å². The summed E-state index contributed by atoms with van der Waals surface area (Å²) in [6.07, 6.45) is 13.8. The van der Waals surface area contributed by atoms with Gasteiger partial charge in [-0.25, -0.2) is 0 Å². The normalized spacial score (nSPS) is 14.6. The summed E-state index contributed by atoms with van der Waals surface area (Å²) < 4.78 is 0. The van der Waals surface area contributed by atoms with Crippen LogP contribution in [0.3, 0.4) is 0 Å². The van der Waals surface area contributed by atoms with Crippen LogP contribution in [0, 0.1) is 11.3 Å². The third kappa shape index (κ3) is 2.20. The Balaban J connectivity index is 2.50. The molecule has 0 aliphatic heterocycles. The van der Waals surface area contributed by atoms with E-state index in [0.717, 1.165) is 26.8 Å². The summed E-state index contributed by atoms with van der Waals surface area (Å²) in [5.74, 6) is 0. The molecule has 0 spiro atoms. The molecule has 0 fully saturated rings. The molecule has 2 aromatic carbocycles. The van der Waals surface area contributed by atoms with Gasteiger partial charge in [0.2, 0.25) is 0 Å². The standard InChI is InChI=1S/C19H13N/c20-14-13-19-17-10-6-5-9-16(17)11-12-18(19)15-7-3-1-2-4-8-15/h1-13H/b19-13+. The molecule has 0 amide bonds. The molecule has 94 valence electrons. The summed E-state index contributed by atoms with van der Waals surface area (Å²) >= 11 is 0. The highest BCUT2D eigenvalue weighted by atomic mass is 14.2. The summed E-state index contributed by atoms with van der Waals surface area (Å²) in [7, 11) is 0. The minimum atomic E-state index is 0.983. The number of nitrogens with zero attached hydrogens (tertiary/aromatic N) is 1. The number of fused-ring (bicyclic) bond motifs is 1. The molecule has 0 saturated carbocycles. The quantitative estimate of drug-likeness (QED) is 0.710. The van der Waals surface area contributed by atoms with Crippen LogP contribution in [0.2, 0.25) is 0 Å². The molecule has 0 N–H and O–H groups in total. The summed E-state index contributed by atoms with van der Waals surface area (Å²) in [5.41, 5.74) is 1.11. The maximum absolute atomic E-state index is 9.09. The highest BCUT2D eigenvalue weighted by Gasteiger charge is 1.99. The summed E-state index contributed by atoms with van der Waals surface area (Å²) in [6, 6.07) is 14.5. The van der Waals surface area contributed by atoms with Crippen molar-refractivity contribution in [2.75, 3.05) is 0 Å². The van der Waals surface area contributed by atoms with Gasteiger partial charge in [0.05, 0.1) is 6.07 Å². The maximum Gasteiger partial charge on any atom is 0.0918 e. The number of hydrogen-bond acceptors (Lipinski definition) is 1. The first kappa shape index (κ1) is 12.2. The third-order valence-electron chi connectivity index (χ3n) is 3.38. The van der Waals surface area contributed by atoms with E-state index in [9.17, 15) is 0 Å². The van der Waals surface area contributed by atoms with Crippen LogP contribution in [0.4, 0.5) is 0 Å². The van der Waals surface area contributed by atoms with Crippen LogP contribution < -0.4 is 10.4 Å². The number of allylic oxidation sites excluding steroid dienone is 6. The molecule has 0 bridgehead atoms. The highest BCUT2D eigenvalue weighted by molar-refractivity contribution is 5.85. The van der Waals surface area contributed by atoms with Crippen molar-refractivity contribution in [3.05, 3.63) is 83.3 Å². The van der Waals surface area contributed by atoms with Crippen molar-refractivity contribution in [1.29, 1.82) is 5.26 Å². The first-order valence-electron chi connectivity index (χ1n) is 6.53. The fourth-order valence-corrected chi connectivity index (χ4v) is 2.45. The molecule has 1 nitrogen and oxygen atoms in total. The Bertz CT molecular complexity index is 885. The number of rotatable bonds is 0. The SMILES string of the molecule is N#C/C=c1/c(=C2C=CC=CC=C2)ccc2ccccc12. The number of nitriles is 1. The smallest absolute Gasteiger partial charge is 0.0918 e. The first-order valence-corrected chi connectivity index (χ1v) is 6.53. The van der Waals surface area contributed by atoms with E-state index in [1.165, 1.54) is 0 Å². The van der Waals surface area contributed by atoms with Gasteiger partial charge in [0.15, 0.2) is 0 Å². The predicted molar refractivity (Wildman–Crippen MR) is 84.1 cm³/mol. The van der Waals surface area contributed by atoms with Gasteiger partial charge >= 0.3 is 0 Å². The molecular formula is C19H13N. The van der Waals surface area contributed by atoms with Crippen LogP contribution >= 0.6 is 0 Å². The molecule has 1 aliphatic carbocycles. The maximum atomic E-state index is 9.09. The average molecular weight is 255 g/mol. The summed E-state index contributed by atoms with van der Waals surface area (Å²) in [6.45, 7) is 0. The average Bonchev–Trinajstić information content (AvgIpc) is 2.77. The minimum Gasteiger partial charge on any atom is -0.193 e. The molecule has 0 saturated heterocycles. The first-order chi connectivity index (χ1) is 9.90. The van der Waals surface area contributed by atoms with Crippen molar-refractivity contribution in [1.82, 2.24) is 0 Å². The second kappa shape index (κ2) is 5.42. The molecule has 0 heterocycles. The molecule has 0 radical (unpaired) electrons. The van der Waals surface area contributed by atoms with Gasteiger partial charge in [0.25, 0.3) is 0 Å². The van der Waals surface area contributed by atoms with Crippen LogP contribution in [0.1, 0.15) is 0 Å². The Morgan fingerprint density at radius 1 is 0.850 bits per heavy atom. The van der Waals surface area contributed by atoms with Crippen molar-refractivity contribution in [3.8, 4) is 6.07 Å². The van der Waals surface area contributed by atoms with E-state index in [4.69, 9.17) is 5.26 Å². The number of benzene rings is 2. The zero-order valence-electron chi connectivity index (χ0n) is 11.0. The van der Waals surface area contributed by atoms with Crippen molar-refractivity contribution < 1.29 is 0 Å². The lowest BCUT2D eigenvalue weighted by atomic mass is 10.0. The van der Waals surface area contributed by atoms with Crippen LogP contribution in [0.15, 0.2) is 72.9 Å². The monoisotopic (exact) mass is 255 g/mol. The van der Waals surface area contributed by atoms with Crippen LogP contribution in [-0.4, -0.2) is 0 Å². The Labute approximate surface area is 117 Å². The van der Waals surface area contributed by atoms with Gasteiger partial charge in [0.1, 0.15) is 0 Å². The fourth-order valence-electron chi connectivity index (χ4n) is 2.45. The van der Waals surface area contributed by atoms with Gasteiger partial charge in [-0.15, -0.1) is 0 Å². The van der Waals surface area contributed by atoms with Gasteiger partial charge in [0, 0.05) is 11.3 Å². The van der Waals surface area contributed by atoms with Crippen molar-refractivity contribution in [2.45, 2.75) is 0 Å².